The maximum Gasteiger partial charge on any atom is 0.292 e. The number of hydrogen-bond donors (Lipinski definition) is 1. The molecule has 2 aliphatic heterocycles. The van der Waals surface area contributed by atoms with Gasteiger partial charge in [-0.1, -0.05) is 0 Å². The highest BCUT2D eigenvalue weighted by atomic mass is 16.6. The van der Waals surface area contributed by atoms with Crippen molar-refractivity contribution in [3.05, 3.63) is 12.0 Å². The highest BCUT2D eigenvalue weighted by Gasteiger charge is 2.27. The zero-order valence-corrected chi connectivity index (χ0v) is 8.86. The Morgan fingerprint density at radius 2 is 2.47 bits per heavy atom. The molecule has 0 aromatic carbocycles. The Morgan fingerprint density at radius 1 is 1.60 bits per heavy atom. The highest BCUT2D eigenvalue weighted by Crippen LogP contribution is 2.12. The second kappa shape index (κ2) is 4.53. The minimum atomic E-state index is -0.0660. The first-order valence-corrected chi connectivity index (χ1v) is 5.25. The smallest absolute Gasteiger partial charge is 0.292 e. The number of carbonyl (C=O) groups excluding carboxylic acids is 1. The molecule has 1 saturated heterocycles. The third kappa shape index (κ3) is 2.23. The van der Waals surface area contributed by atoms with Crippen molar-refractivity contribution in [2.75, 3.05) is 32.8 Å². The number of piperazine rings is 1. The molecule has 84 valence electrons. The lowest BCUT2D eigenvalue weighted by Gasteiger charge is -2.34. The number of nitrogens with zero attached hydrogens (tertiary/aromatic N) is 1. The molecule has 5 nitrogen and oxygen atoms in total. The van der Waals surface area contributed by atoms with Crippen LogP contribution < -0.4 is 5.32 Å². The third-order valence-corrected chi connectivity index (χ3v) is 2.62. The van der Waals surface area contributed by atoms with Gasteiger partial charge in [0.2, 0.25) is 5.76 Å². The summed E-state index contributed by atoms with van der Waals surface area (Å²) in [5, 5.41) is 3.24. The Morgan fingerprint density at radius 3 is 3.13 bits per heavy atom. The predicted octanol–water partition coefficient (Wildman–Crippen LogP) is -0.305. The van der Waals surface area contributed by atoms with E-state index < -0.39 is 0 Å². The first kappa shape index (κ1) is 10.3. The Bertz CT molecular complexity index is 278. The van der Waals surface area contributed by atoms with Crippen LogP contribution in [0.5, 0.6) is 0 Å². The summed E-state index contributed by atoms with van der Waals surface area (Å²) in [5.74, 6) is 0.263. The first-order valence-electron chi connectivity index (χ1n) is 5.25. The van der Waals surface area contributed by atoms with E-state index in [1.54, 1.807) is 0 Å². The highest BCUT2D eigenvalue weighted by molar-refractivity contribution is 5.91. The molecular formula is C10H16N2O3. The van der Waals surface area contributed by atoms with Crippen molar-refractivity contribution in [3.63, 3.8) is 0 Å². The molecule has 0 spiro atoms. The lowest BCUT2D eigenvalue weighted by Crippen LogP contribution is -2.53. The fourth-order valence-corrected chi connectivity index (χ4v) is 1.76. The molecule has 0 aromatic rings. The Labute approximate surface area is 89.0 Å². The van der Waals surface area contributed by atoms with Crippen LogP contribution in [0.3, 0.4) is 0 Å². The van der Waals surface area contributed by atoms with Crippen molar-refractivity contribution in [2.45, 2.75) is 13.0 Å². The number of nitrogens with one attached hydrogen (secondary N) is 1. The summed E-state index contributed by atoms with van der Waals surface area (Å²) in [7, 11) is 0. The Balaban J connectivity index is 2.02. The van der Waals surface area contributed by atoms with Gasteiger partial charge < -0.3 is 19.7 Å². The van der Waals surface area contributed by atoms with E-state index in [0.29, 0.717) is 19.0 Å². The zero-order chi connectivity index (χ0) is 10.7. The van der Waals surface area contributed by atoms with Crippen molar-refractivity contribution in [3.8, 4) is 0 Å². The van der Waals surface area contributed by atoms with Crippen LogP contribution in [0.1, 0.15) is 6.92 Å². The summed E-state index contributed by atoms with van der Waals surface area (Å²) in [5.41, 5.74) is 0. The molecule has 1 amide bonds. The molecular weight excluding hydrogens is 196 g/mol. The van der Waals surface area contributed by atoms with E-state index in [9.17, 15) is 4.79 Å². The molecule has 15 heavy (non-hydrogen) atoms. The average molecular weight is 212 g/mol. The van der Waals surface area contributed by atoms with Gasteiger partial charge in [0.1, 0.15) is 19.5 Å². The van der Waals surface area contributed by atoms with Gasteiger partial charge in [-0.15, -0.1) is 0 Å². The van der Waals surface area contributed by atoms with Gasteiger partial charge in [0.05, 0.1) is 0 Å². The average Bonchev–Trinajstić information content (AvgIpc) is 2.30. The predicted molar refractivity (Wildman–Crippen MR) is 54.0 cm³/mol. The van der Waals surface area contributed by atoms with Crippen molar-refractivity contribution < 1.29 is 14.3 Å². The van der Waals surface area contributed by atoms with E-state index in [-0.39, 0.29) is 11.9 Å². The molecule has 2 heterocycles. The molecule has 0 radical (unpaired) electrons. The van der Waals surface area contributed by atoms with Gasteiger partial charge in [-0.05, 0) is 6.92 Å². The van der Waals surface area contributed by atoms with Gasteiger partial charge in [-0.25, -0.2) is 0 Å². The van der Waals surface area contributed by atoms with Gasteiger partial charge >= 0.3 is 0 Å². The summed E-state index contributed by atoms with van der Waals surface area (Å²) >= 11 is 0. The second-order valence-corrected chi connectivity index (χ2v) is 3.75. The van der Waals surface area contributed by atoms with Crippen LogP contribution in [0.2, 0.25) is 0 Å². The van der Waals surface area contributed by atoms with Gasteiger partial charge in [-0.2, -0.15) is 0 Å². The van der Waals surface area contributed by atoms with Crippen LogP contribution in [0, 0.1) is 0 Å². The lowest BCUT2D eigenvalue weighted by molar-refractivity contribution is -0.135. The van der Waals surface area contributed by atoms with E-state index in [1.807, 2.05) is 11.8 Å². The molecule has 1 atom stereocenters. The van der Waals surface area contributed by atoms with Crippen molar-refractivity contribution >= 4 is 5.91 Å². The molecule has 2 aliphatic rings. The fourth-order valence-electron chi connectivity index (χ4n) is 1.76. The van der Waals surface area contributed by atoms with Crippen LogP contribution in [0.15, 0.2) is 12.0 Å². The van der Waals surface area contributed by atoms with E-state index in [4.69, 9.17) is 9.47 Å². The van der Waals surface area contributed by atoms with E-state index in [1.165, 1.54) is 6.26 Å². The molecule has 1 unspecified atom stereocenters. The van der Waals surface area contributed by atoms with Gasteiger partial charge in [-0.3, -0.25) is 4.79 Å². The molecule has 1 fully saturated rings. The van der Waals surface area contributed by atoms with E-state index in [0.717, 1.165) is 19.6 Å². The van der Waals surface area contributed by atoms with Crippen molar-refractivity contribution in [2.24, 2.45) is 0 Å². The number of carbonyl (C=O) groups is 1. The number of hydrogen-bond acceptors (Lipinski definition) is 4. The van der Waals surface area contributed by atoms with Crippen molar-refractivity contribution in [1.82, 2.24) is 10.2 Å². The van der Waals surface area contributed by atoms with Crippen LogP contribution in [0.4, 0.5) is 0 Å². The molecule has 0 aromatic heterocycles. The normalized spacial score (nSPS) is 26.3. The maximum atomic E-state index is 12.0. The molecule has 5 heteroatoms. The second-order valence-electron chi connectivity index (χ2n) is 3.75. The quantitative estimate of drug-likeness (QED) is 0.648. The van der Waals surface area contributed by atoms with E-state index >= 15 is 0 Å². The SMILES string of the molecule is CC1CNCCN1C(=O)C1=COCCO1. The molecule has 0 saturated carbocycles. The number of rotatable bonds is 1. The largest absolute Gasteiger partial charge is 0.494 e. The third-order valence-electron chi connectivity index (χ3n) is 2.62. The molecule has 1 N–H and O–H groups in total. The number of amides is 1. The van der Waals surface area contributed by atoms with Crippen molar-refractivity contribution in [1.29, 1.82) is 0 Å². The molecule has 2 rings (SSSR count). The zero-order valence-electron chi connectivity index (χ0n) is 8.86. The van der Waals surface area contributed by atoms with Gasteiger partial charge in [0, 0.05) is 25.7 Å². The summed E-state index contributed by atoms with van der Waals surface area (Å²) in [6.45, 7) is 5.39. The minimum Gasteiger partial charge on any atom is -0.494 e. The Kier molecular flexibility index (Phi) is 3.11. The summed E-state index contributed by atoms with van der Waals surface area (Å²) in [6, 6.07) is 0.206. The van der Waals surface area contributed by atoms with E-state index in [2.05, 4.69) is 5.32 Å². The van der Waals surface area contributed by atoms with Gasteiger partial charge in [0.25, 0.3) is 5.91 Å². The van der Waals surface area contributed by atoms with Crippen LogP contribution in [-0.2, 0) is 14.3 Å². The minimum absolute atomic E-state index is 0.0660. The summed E-state index contributed by atoms with van der Waals surface area (Å²) < 4.78 is 10.3. The van der Waals surface area contributed by atoms with Crippen LogP contribution in [0.25, 0.3) is 0 Å². The standard InChI is InChI=1S/C10H16N2O3/c1-8-6-11-2-3-12(8)10(13)9-7-14-4-5-15-9/h7-8,11H,2-6H2,1H3. The monoisotopic (exact) mass is 212 g/mol. The van der Waals surface area contributed by atoms with Crippen LogP contribution in [-0.4, -0.2) is 49.7 Å². The number of ether oxygens (including phenoxy) is 2. The molecule has 0 bridgehead atoms. The molecule has 0 aliphatic carbocycles. The van der Waals surface area contributed by atoms with Gasteiger partial charge in [0.15, 0.2) is 0 Å². The summed E-state index contributed by atoms with van der Waals surface area (Å²) in [4.78, 5) is 13.8. The summed E-state index contributed by atoms with van der Waals surface area (Å²) in [6.07, 6.45) is 1.42. The maximum absolute atomic E-state index is 12.0. The first-order chi connectivity index (χ1) is 7.29. The Hall–Kier alpha value is -1.23. The van der Waals surface area contributed by atoms with Crippen LogP contribution >= 0.6 is 0 Å². The lowest BCUT2D eigenvalue weighted by atomic mass is 10.2. The fraction of sp³-hybridized carbons (Fsp3) is 0.700. The topological polar surface area (TPSA) is 50.8 Å².